The first-order valence-electron chi connectivity index (χ1n) is 10.3. The molecule has 0 spiro atoms. The number of aryl methyl sites for hydroxylation is 1. The number of nitrogens with one attached hydrogen (secondary N) is 1. The van der Waals surface area contributed by atoms with Gasteiger partial charge in [0.25, 0.3) is 5.56 Å². The van der Waals surface area contributed by atoms with Gasteiger partial charge in [-0.2, -0.15) is 0 Å². The van der Waals surface area contributed by atoms with E-state index in [1.165, 1.54) is 30.5 Å². The summed E-state index contributed by atoms with van der Waals surface area (Å²) >= 11 is 7.31. The van der Waals surface area contributed by atoms with Crippen molar-refractivity contribution in [3.8, 4) is 5.75 Å². The fourth-order valence-electron chi connectivity index (χ4n) is 3.52. The van der Waals surface area contributed by atoms with Crippen LogP contribution in [-0.4, -0.2) is 37.5 Å². The Labute approximate surface area is 203 Å². The summed E-state index contributed by atoms with van der Waals surface area (Å²) in [5.41, 5.74) is 1.16. The summed E-state index contributed by atoms with van der Waals surface area (Å²) in [6.45, 7) is 0.364. The van der Waals surface area contributed by atoms with E-state index in [1.807, 2.05) is 30.3 Å². The number of anilines is 1. The number of benzene rings is 2. The largest absolute Gasteiger partial charge is 0.495 e. The number of rotatable bonds is 7. The molecular weight excluding hydrogens is 478 g/mol. The maximum absolute atomic E-state index is 13.0. The van der Waals surface area contributed by atoms with Gasteiger partial charge in [0.1, 0.15) is 5.75 Å². The molecule has 0 radical (unpaired) electrons. The molecule has 2 heterocycles. The third-order valence-electron chi connectivity index (χ3n) is 5.26. The molecule has 1 amide bonds. The number of carbonyl (C=O) groups excluding carboxylic acids is 1. The maximum atomic E-state index is 13.0. The Morgan fingerprint density at radius 3 is 2.53 bits per heavy atom. The van der Waals surface area contributed by atoms with Gasteiger partial charge in [-0.15, -0.1) is 0 Å². The number of nitrogens with zero attached hydrogens (tertiary/aromatic N) is 4. The van der Waals surface area contributed by atoms with Gasteiger partial charge in [0.2, 0.25) is 5.91 Å². The van der Waals surface area contributed by atoms with Gasteiger partial charge in [0, 0.05) is 19.8 Å². The van der Waals surface area contributed by atoms with E-state index in [0.717, 1.165) is 10.1 Å². The van der Waals surface area contributed by atoms with Crippen LogP contribution in [0.5, 0.6) is 5.75 Å². The van der Waals surface area contributed by atoms with E-state index in [4.69, 9.17) is 16.3 Å². The highest BCUT2D eigenvalue weighted by Gasteiger charge is 2.20. The van der Waals surface area contributed by atoms with Gasteiger partial charge in [-0.25, -0.2) is 9.78 Å². The highest BCUT2D eigenvalue weighted by molar-refractivity contribution is 7.99. The average molecular weight is 500 g/mol. The van der Waals surface area contributed by atoms with Crippen LogP contribution in [-0.2, 0) is 25.4 Å². The number of hydrogen-bond acceptors (Lipinski definition) is 6. The predicted octanol–water partition coefficient (Wildman–Crippen LogP) is 2.87. The van der Waals surface area contributed by atoms with Crippen LogP contribution in [0.25, 0.3) is 11.2 Å². The SMILES string of the molecule is COc1ccc(NC(=O)CSc2nc3c(c(=O)n(C)c(=O)n3C)n2Cc2ccccc2)cc1Cl. The summed E-state index contributed by atoms with van der Waals surface area (Å²) in [6, 6.07) is 14.6. The van der Waals surface area contributed by atoms with Gasteiger partial charge in [0.15, 0.2) is 16.3 Å². The normalized spacial score (nSPS) is 11.1. The zero-order chi connectivity index (χ0) is 24.4. The predicted molar refractivity (Wildman–Crippen MR) is 133 cm³/mol. The smallest absolute Gasteiger partial charge is 0.332 e. The van der Waals surface area contributed by atoms with E-state index in [0.29, 0.717) is 33.7 Å². The van der Waals surface area contributed by atoms with Crippen molar-refractivity contribution in [3.05, 3.63) is 80.0 Å². The van der Waals surface area contributed by atoms with E-state index in [1.54, 1.807) is 29.8 Å². The molecule has 0 fully saturated rings. The lowest BCUT2D eigenvalue weighted by atomic mass is 10.2. The number of methoxy groups -OCH3 is 1. The number of ether oxygens (including phenoxy) is 1. The third kappa shape index (κ3) is 4.59. The molecule has 0 unspecified atom stereocenters. The van der Waals surface area contributed by atoms with Crippen molar-refractivity contribution >= 4 is 46.1 Å². The maximum Gasteiger partial charge on any atom is 0.332 e. The standard InChI is InChI=1S/C23H22ClN5O4S/c1-27-20-19(21(31)28(2)23(27)32)29(12-14-7-5-4-6-8-14)22(26-20)34-13-18(30)25-15-9-10-17(33-3)16(24)11-15/h4-11H,12-13H2,1-3H3,(H,25,30). The number of fused-ring (bicyclic) bond motifs is 1. The third-order valence-corrected chi connectivity index (χ3v) is 6.54. The average Bonchev–Trinajstić information content (AvgIpc) is 3.19. The van der Waals surface area contributed by atoms with Gasteiger partial charge >= 0.3 is 5.69 Å². The van der Waals surface area contributed by atoms with Crippen LogP contribution in [0.4, 0.5) is 5.69 Å². The Hall–Kier alpha value is -3.50. The fraction of sp³-hybridized carbons (Fsp3) is 0.217. The van der Waals surface area contributed by atoms with Crippen molar-refractivity contribution in [2.75, 3.05) is 18.2 Å². The van der Waals surface area contributed by atoms with E-state index in [-0.39, 0.29) is 17.3 Å². The van der Waals surface area contributed by atoms with Crippen molar-refractivity contribution in [1.29, 1.82) is 0 Å². The lowest BCUT2D eigenvalue weighted by Gasteiger charge is -2.10. The van der Waals surface area contributed by atoms with Crippen LogP contribution in [0.3, 0.4) is 0 Å². The minimum atomic E-state index is -0.465. The zero-order valence-electron chi connectivity index (χ0n) is 18.7. The Balaban J connectivity index is 1.65. The number of hydrogen-bond donors (Lipinski definition) is 1. The van der Waals surface area contributed by atoms with Crippen LogP contribution in [0, 0.1) is 0 Å². The quantitative estimate of drug-likeness (QED) is 0.392. The second-order valence-corrected chi connectivity index (χ2v) is 8.88. The summed E-state index contributed by atoms with van der Waals surface area (Å²) in [5, 5.41) is 3.63. The Morgan fingerprint density at radius 1 is 1.12 bits per heavy atom. The van der Waals surface area contributed by atoms with Gasteiger partial charge < -0.3 is 14.6 Å². The number of halogens is 1. The van der Waals surface area contributed by atoms with Gasteiger partial charge in [-0.1, -0.05) is 53.7 Å². The number of thioether (sulfide) groups is 1. The van der Waals surface area contributed by atoms with Gasteiger partial charge in [-0.3, -0.25) is 18.7 Å². The first-order chi connectivity index (χ1) is 16.3. The second-order valence-electron chi connectivity index (χ2n) is 7.53. The van der Waals surface area contributed by atoms with Crippen molar-refractivity contribution < 1.29 is 9.53 Å². The first-order valence-corrected chi connectivity index (χ1v) is 11.6. The zero-order valence-corrected chi connectivity index (χ0v) is 20.3. The van der Waals surface area contributed by atoms with Crippen LogP contribution in [0.2, 0.25) is 5.02 Å². The molecule has 2 aromatic carbocycles. The topological polar surface area (TPSA) is 100 Å². The molecule has 34 heavy (non-hydrogen) atoms. The van der Waals surface area contributed by atoms with Crippen LogP contribution < -0.4 is 21.3 Å². The number of amides is 1. The molecule has 0 atom stereocenters. The van der Waals surface area contributed by atoms with E-state index in [9.17, 15) is 14.4 Å². The molecule has 4 rings (SSSR count). The number of aromatic nitrogens is 4. The molecular formula is C23H22ClN5O4S. The van der Waals surface area contributed by atoms with Crippen molar-refractivity contribution in [3.63, 3.8) is 0 Å². The summed E-state index contributed by atoms with van der Waals surface area (Å²) < 4.78 is 9.26. The summed E-state index contributed by atoms with van der Waals surface area (Å²) in [4.78, 5) is 42.5. The van der Waals surface area contributed by atoms with E-state index in [2.05, 4.69) is 10.3 Å². The second kappa shape index (κ2) is 9.78. The summed E-state index contributed by atoms with van der Waals surface area (Å²) in [6.07, 6.45) is 0. The molecule has 9 nitrogen and oxygen atoms in total. The molecule has 0 aliphatic carbocycles. The molecule has 0 bridgehead atoms. The van der Waals surface area contributed by atoms with Crippen LogP contribution in [0.15, 0.2) is 63.3 Å². The number of imidazole rings is 1. The minimum absolute atomic E-state index is 0.0377. The molecule has 176 valence electrons. The lowest BCUT2D eigenvalue weighted by Crippen LogP contribution is -2.37. The monoisotopic (exact) mass is 499 g/mol. The molecule has 0 aliphatic rings. The van der Waals surface area contributed by atoms with E-state index >= 15 is 0 Å². The molecule has 0 saturated heterocycles. The molecule has 1 N–H and O–H groups in total. The highest BCUT2D eigenvalue weighted by Crippen LogP contribution is 2.28. The number of carbonyl (C=O) groups is 1. The van der Waals surface area contributed by atoms with Crippen LogP contribution in [0.1, 0.15) is 5.56 Å². The van der Waals surface area contributed by atoms with Crippen LogP contribution >= 0.6 is 23.4 Å². The van der Waals surface area contributed by atoms with Crippen molar-refractivity contribution in [1.82, 2.24) is 18.7 Å². The Kier molecular flexibility index (Phi) is 6.80. The molecule has 4 aromatic rings. The van der Waals surface area contributed by atoms with Crippen molar-refractivity contribution in [2.45, 2.75) is 11.7 Å². The Bertz CT molecular complexity index is 1490. The molecule has 0 aliphatic heterocycles. The highest BCUT2D eigenvalue weighted by atomic mass is 35.5. The molecule has 0 saturated carbocycles. The summed E-state index contributed by atoms with van der Waals surface area (Å²) in [7, 11) is 4.52. The van der Waals surface area contributed by atoms with Crippen molar-refractivity contribution in [2.24, 2.45) is 14.1 Å². The fourth-order valence-corrected chi connectivity index (χ4v) is 4.57. The van der Waals surface area contributed by atoms with Gasteiger partial charge in [-0.05, 0) is 23.8 Å². The molecule has 11 heteroatoms. The lowest BCUT2D eigenvalue weighted by molar-refractivity contribution is -0.113. The minimum Gasteiger partial charge on any atom is -0.495 e. The first kappa shape index (κ1) is 23.7. The molecule has 2 aromatic heterocycles. The Morgan fingerprint density at radius 2 is 1.85 bits per heavy atom. The summed E-state index contributed by atoms with van der Waals surface area (Å²) in [5.74, 6) is 0.276. The van der Waals surface area contributed by atoms with Gasteiger partial charge in [0.05, 0.1) is 24.4 Å². The van der Waals surface area contributed by atoms with E-state index < -0.39 is 11.2 Å².